The lowest BCUT2D eigenvalue weighted by atomic mass is 10.3. The lowest BCUT2D eigenvalue weighted by Crippen LogP contribution is -2.50. The van der Waals surface area contributed by atoms with Crippen molar-refractivity contribution in [1.29, 1.82) is 0 Å². The molecular formula is C11H22N2O3S2. The Balaban J connectivity index is 2.58. The molecule has 1 heterocycles. The van der Waals surface area contributed by atoms with Crippen LogP contribution >= 0.6 is 11.8 Å². The maximum absolute atomic E-state index is 12.0. The molecule has 0 aromatic carbocycles. The molecule has 0 aromatic rings. The van der Waals surface area contributed by atoms with Gasteiger partial charge in [0.25, 0.3) is 0 Å². The minimum Gasteiger partial charge on any atom is -0.324 e. The fourth-order valence-corrected chi connectivity index (χ4v) is 4.67. The Bertz CT molecular complexity index is 382. The normalized spacial score (nSPS) is 21.3. The Hall–Kier alpha value is -0.270. The zero-order valence-corrected chi connectivity index (χ0v) is 12.8. The topological polar surface area (TPSA) is 66.5 Å². The van der Waals surface area contributed by atoms with Gasteiger partial charge in [0.1, 0.15) is 5.37 Å². The average Bonchev–Trinajstić information content (AvgIpc) is 2.27. The molecule has 1 atom stereocenters. The van der Waals surface area contributed by atoms with E-state index in [1.807, 2.05) is 13.8 Å². The molecule has 1 saturated heterocycles. The molecule has 1 aliphatic heterocycles. The smallest absolute Gasteiger partial charge is 0.224 e. The molecule has 0 aliphatic carbocycles. The highest BCUT2D eigenvalue weighted by molar-refractivity contribution is 8.00. The van der Waals surface area contributed by atoms with Gasteiger partial charge in [-0.05, 0) is 0 Å². The highest BCUT2D eigenvalue weighted by Crippen LogP contribution is 2.20. The first-order chi connectivity index (χ1) is 8.32. The summed E-state index contributed by atoms with van der Waals surface area (Å²) < 4.78 is 23.3. The van der Waals surface area contributed by atoms with Gasteiger partial charge in [0.2, 0.25) is 5.91 Å². The number of hydrogen-bond donors (Lipinski definition) is 1. The van der Waals surface area contributed by atoms with Crippen molar-refractivity contribution in [2.75, 3.05) is 30.9 Å². The molecule has 1 N–H and O–H groups in total. The van der Waals surface area contributed by atoms with Crippen molar-refractivity contribution in [2.45, 2.75) is 31.7 Å². The van der Waals surface area contributed by atoms with E-state index in [2.05, 4.69) is 5.32 Å². The second-order valence-electron chi connectivity index (χ2n) is 4.81. The van der Waals surface area contributed by atoms with E-state index >= 15 is 0 Å². The summed E-state index contributed by atoms with van der Waals surface area (Å²) in [6, 6.07) is 0.334. The number of nitrogens with one attached hydrogen (secondary N) is 1. The average molecular weight is 294 g/mol. The summed E-state index contributed by atoms with van der Waals surface area (Å²) in [5, 5.41) is 2.52. The number of amides is 1. The van der Waals surface area contributed by atoms with Crippen LogP contribution in [0.3, 0.4) is 0 Å². The predicted octanol–water partition coefficient (Wildman–Crippen LogP) is 0.321. The number of thioether (sulfide) groups is 1. The summed E-state index contributed by atoms with van der Waals surface area (Å²) in [6.45, 7) is 5.15. The van der Waals surface area contributed by atoms with Crippen molar-refractivity contribution in [1.82, 2.24) is 10.2 Å². The van der Waals surface area contributed by atoms with Crippen LogP contribution in [0.4, 0.5) is 0 Å². The SMILES string of the molecule is CC(C)NCCC(=O)N1CCSCC1S(C)(=O)=O. The molecular weight excluding hydrogens is 272 g/mol. The molecule has 0 radical (unpaired) electrons. The van der Waals surface area contributed by atoms with Crippen LogP contribution < -0.4 is 5.32 Å². The number of hydrogen-bond acceptors (Lipinski definition) is 5. The van der Waals surface area contributed by atoms with Crippen LogP contribution in [0.2, 0.25) is 0 Å². The summed E-state index contributed by atoms with van der Waals surface area (Å²) >= 11 is 1.59. The number of sulfone groups is 1. The number of carbonyl (C=O) groups is 1. The van der Waals surface area contributed by atoms with Gasteiger partial charge in [0.05, 0.1) is 0 Å². The van der Waals surface area contributed by atoms with Crippen LogP contribution in [-0.2, 0) is 14.6 Å². The number of carbonyl (C=O) groups excluding carboxylic acids is 1. The van der Waals surface area contributed by atoms with Crippen LogP contribution in [-0.4, -0.2) is 61.5 Å². The maximum Gasteiger partial charge on any atom is 0.224 e. The Morgan fingerprint density at radius 3 is 2.72 bits per heavy atom. The van der Waals surface area contributed by atoms with E-state index < -0.39 is 15.2 Å². The molecule has 1 unspecified atom stereocenters. The first-order valence-electron chi connectivity index (χ1n) is 6.12. The number of rotatable bonds is 5. The Kier molecular flexibility index (Phi) is 5.94. The predicted molar refractivity (Wildman–Crippen MR) is 75.4 cm³/mol. The number of nitrogens with zero attached hydrogens (tertiary/aromatic N) is 1. The molecule has 1 fully saturated rings. The highest BCUT2D eigenvalue weighted by atomic mass is 32.2. The Morgan fingerprint density at radius 1 is 1.50 bits per heavy atom. The van der Waals surface area contributed by atoms with Crippen LogP contribution in [0, 0.1) is 0 Å². The van der Waals surface area contributed by atoms with E-state index in [4.69, 9.17) is 0 Å². The van der Waals surface area contributed by atoms with Gasteiger partial charge >= 0.3 is 0 Å². The van der Waals surface area contributed by atoms with Crippen molar-refractivity contribution < 1.29 is 13.2 Å². The summed E-state index contributed by atoms with van der Waals surface area (Å²) in [6.07, 6.45) is 1.56. The summed E-state index contributed by atoms with van der Waals surface area (Å²) in [5.74, 6) is 1.23. The van der Waals surface area contributed by atoms with Gasteiger partial charge in [0.15, 0.2) is 9.84 Å². The van der Waals surface area contributed by atoms with Gasteiger partial charge in [-0.15, -0.1) is 0 Å². The minimum atomic E-state index is -3.20. The molecule has 0 spiro atoms. The summed E-state index contributed by atoms with van der Waals surface area (Å²) in [7, 11) is -3.20. The second-order valence-corrected chi connectivity index (χ2v) is 8.16. The van der Waals surface area contributed by atoms with E-state index in [9.17, 15) is 13.2 Å². The Morgan fingerprint density at radius 2 is 2.17 bits per heavy atom. The largest absolute Gasteiger partial charge is 0.324 e. The van der Waals surface area contributed by atoms with E-state index in [1.54, 1.807) is 11.8 Å². The summed E-state index contributed by atoms with van der Waals surface area (Å²) in [4.78, 5) is 13.6. The first kappa shape index (κ1) is 15.8. The van der Waals surface area contributed by atoms with Crippen molar-refractivity contribution in [3.05, 3.63) is 0 Å². The fourth-order valence-electron chi connectivity index (χ4n) is 1.83. The lowest BCUT2D eigenvalue weighted by molar-refractivity contribution is -0.131. The minimum absolute atomic E-state index is 0.0705. The molecule has 0 saturated carbocycles. The fraction of sp³-hybridized carbons (Fsp3) is 0.909. The van der Waals surface area contributed by atoms with Crippen molar-refractivity contribution >= 4 is 27.5 Å². The molecule has 1 aliphatic rings. The Labute approximate surface area is 114 Å². The molecule has 7 heteroatoms. The molecule has 1 rings (SSSR count). The maximum atomic E-state index is 12.0. The first-order valence-corrected chi connectivity index (χ1v) is 9.22. The highest BCUT2D eigenvalue weighted by Gasteiger charge is 2.33. The second kappa shape index (κ2) is 6.77. The summed E-state index contributed by atoms with van der Waals surface area (Å²) in [5.41, 5.74) is 0. The third-order valence-corrected chi connectivity index (χ3v) is 5.43. The molecule has 106 valence electrons. The van der Waals surface area contributed by atoms with Crippen LogP contribution in [0.1, 0.15) is 20.3 Å². The standard InChI is InChI=1S/C11H22N2O3S2/c1-9(2)12-5-4-10(14)13-6-7-17-8-11(13)18(3,15)16/h9,11-12H,4-8H2,1-3H3. The van der Waals surface area contributed by atoms with E-state index in [-0.39, 0.29) is 5.91 Å². The lowest BCUT2D eigenvalue weighted by Gasteiger charge is -2.34. The third kappa shape index (κ3) is 4.78. The van der Waals surface area contributed by atoms with Gasteiger partial charge in [-0.2, -0.15) is 11.8 Å². The van der Waals surface area contributed by atoms with Crippen LogP contribution in [0.5, 0.6) is 0 Å². The van der Waals surface area contributed by atoms with Gasteiger partial charge in [-0.1, -0.05) is 13.8 Å². The van der Waals surface area contributed by atoms with Gasteiger partial charge in [-0.3, -0.25) is 4.79 Å². The third-order valence-electron chi connectivity index (χ3n) is 2.79. The molecule has 18 heavy (non-hydrogen) atoms. The molecule has 1 amide bonds. The van der Waals surface area contributed by atoms with E-state index in [0.29, 0.717) is 31.3 Å². The zero-order valence-electron chi connectivity index (χ0n) is 11.2. The van der Waals surface area contributed by atoms with E-state index in [1.165, 1.54) is 11.2 Å². The van der Waals surface area contributed by atoms with Gasteiger partial charge in [0, 0.05) is 43.3 Å². The molecule has 0 aromatic heterocycles. The van der Waals surface area contributed by atoms with Crippen LogP contribution in [0.25, 0.3) is 0 Å². The van der Waals surface area contributed by atoms with Gasteiger partial charge < -0.3 is 10.2 Å². The zero-order chi connectivity index (χ0) is 13.8. The molecule has 0 bridgehead atoms. The molecule has 5 nitrogen and oxygen atoms in total. The van der Waals surface area contributed by atoms with Crippen molar-refractivity contribution in [2.24, 2.45) is 0 Å². The van der Waals surface area contributed by atoms with Crippen LogP contribution in [0.15, 0.2) is 0 Å². The van der Waals surface area contributed by atoms with E-state index in [0.717, 1.165) is 5.75 Å². The van der Waals surface area contributed by atoms with Gasteiger partial charge in [-0.25, -0.2) is 8.42 Å². The monoisotopic (exact) mass is 294 g/mol. The quantitative estimate of drug-likeness (QED) is 0.791. The van der Waals surface area contributed by atoms with Crippen molar-refractivity contribution in [3.63, 3.8) is 0 Å². The van der Waals surface area contributed by atoms with Crippen molar-refractivity contribution in [3.8, 4) is 0 Å².